The summed E-state index contributed by atoms with van der Waals surface area (Å²) < 4.78 is 0. The minimum Gasteiger partial charge on any atom is -0.313 e. The van der Waals surface area contributed by atoms with Gasteiger partial charge in [-0.05, 0) is 42.3 Å². The van der Waals surface area contributed by atoms with Crippen molar-refractivity contribution in [1.29, 1.82) is 0 Å². The van der Waals surface area contributed by atoms with Gasteiger partial charge < -0.3 is 5.32 Å². The molecule has 0 radical (unpaired) electrons. The van der Waals surface area contributed by atoms with E-state index in [1.54, 1.807) is 0 Å². The predicted molar refractivity (Wildman–Crippen MR) is 85.5 cm³/mol. The molecule has 0 saturated heterocycles. The average Bonchev–Trinajstić information content (AvgIpc) is 2.35. The molecule has 2 atom stereocenters. The molecule has 1 N–H and O–H groups in total. The Morgan fingerprint density at radius 3 is 2.42 bits per heavy atom. The first kappa shape index (κ1) is 16.2. The van der Waals surface area contributed by atoms with Crippen LogP contribution in [0.3, 0.4) is 0 Å². The molecule has 108 valence electrons. The van der Waals surface area contributed by atoms with Gasteiger partial charge in [0.2, 0.25) is 0 Å². The van der Waals surface area contributed by atoms with Crippen LogP contribution in [0.4, 0.5) is 0 Å². The van der Waals surface area contributed by atoms with Gasteiger partial charge in [-0.15, -0.1) is 0 Å². The highest BCUT2D eigenvalue weighted by Crippen LogP contribution is 2.33. The zero-order valence-electron chi connectivity index (χ0n) is 13.6. The molecule has 0 aromatic heterocycles. The fourth-order valence-electron chi connectivity index (χ4n) is 2.38. The van der Waals surface area contributed by atoms with E-state index in [1.165, 1.54) is 30.4 Å². The van der Waals surface area contributed by atoms with Crippen molar-refractivity contribution in [3.63, 3.8) is 0 Å². The third kappa shape index (κ3) is 4.99. The molecule has 0 aliphatic rings. The van der Waals surface area contributed by atoms with E-state index in [0.717, 1.165) is 0 Å². The van der Waals surface area contributed by atoms with Crippen molar-refractivity contribution in [2.24, 2.45) is 11.3 Å². The van der Waals surface area contributed by atoms with Gasteiger partial charge >= 0.3 is 0 Å². The topological polar surface area (TPSA) is 12.0 Å². The van der Waals surface area contributed by atoms with Crippen molar-refractivity contribution in [2.45, 2.75) is 59.9 Å². The Labute approximate surface area is 119 Å². The van der Waals surface area contributed by atoms with Gasteiger partial charge in [-0.25, -0.2) is 0 Å². The second-order valence-corrected chi connectivity index (χ2v) is 6.84. The molecule has 1 nitrogen and oxygen atoms in total. The first-order valence-corrected chi connectivity index (χ1v) is 7.64. The van der Waals surface area contributed by atoms with E-state index in [1.807, 2.05) is 0 Å². The van der Waals surface area contributed by atoms with Crippen LogP contribution in [0, 0.1) is 11.3 Å². The number of aryl methyl sites for hydroxylation is 1. The summed E-state index contributed by atoms with van der Waals surface area (Å²) in [5.74, 6) is 0.694. The molecule has 0 aliphatic heterocycles. The fourth-order valence-corrected chi connectivity index (χ4v) is 2.38. The van der Waals surface area contributed by atoms with Crippen LogP contribution < -0.4 is 5.32 Å². The molecule has 1 aromatic rings. The number of hydrogen-bond donors (Lipinski definition) is 1. The van der Waals surface area contributed by atoms with Gasteiger partial charge in [-0.3, -0.25) is 0 Å². The van der Waals surface area contributed by atoms with Crippen LogP contribution in [0.25, 0.3) is 0 Å². The predicted octanol–water partition coefficient (Wildman–Crippen LogP) is 4.97. The molecule has 0 aliphatic carbocycles. The van der Waals surface area contributed by atoms with Gasteiger partial charge in [-0.2, -0.15) is 0 Å². The summed E-state index contributed by atoms with van der Waals surface area (Å²) in [6, 6.07) is 9.54. The summed E-state index contributed by atoms with van der Waals surface area (Å²) in [4.78, 5) is 0. The Balaban J connectivity index is 2.82. The van der Waals surface area contributed by atoms with Crippen LogP contribution in [0.15, 0.2) is 24.3 Å². The summed E-state index contributed by atoms with van der Waals surface area (Å²) in [6.45, 7) is 11.6. The van der Waals surface area contributed by atoms with Crippen LogP contribution in [-0.4, -0.2) is 7.05 Å². The Bertz CT molecular complexity index is 376. The van der Waals surface area contributed by atoms with Crippen LogP contribution in [0.2, 0.25) is 0 Å². The lowest BCUT2D eigenvalue weighted by Gasteiger charge is -2.31. The Hall–Kier alpha value is -0.820. The quantitative estimate of drug-likeness (QED) is 0.762. The average molecular weight is 261 g/mol. The van der Waals surface area contributed by atoms with Crippen LogP contribution in [0.5, 0.6) is 0 Å². The van der Waals surface area contributed by atoms with Gasteiger partial charge in [-0.1, -0.05) is 65.3 Å². The highest BCUT2D eigenvalue weighted by molar-refractivity contribution is 5.26. The summed E-state index contributed by atoms with van der Waals surface area (Å²) in [7, 11) is 2.08. The molecule has 2 unspecified atom stereocenters. The maximum atomic E-state index is 3.49. The number of hydrogen-bond acceptors (Lipinski definition) is 1. The van der Waals surface area contributed by atoms with Gasteiger partial charge in [0.1, 0.15) is 0 Å². The first-order chi connectivity index (χ1) is 8.88. The first-order valence-electron chi connectivity index (χ1n) is 7.64. The summed E-state index contributed by atoms with van der Waals surface area (Å²) in [5, 5.41) is 3.49. The van der Waals surface area contributed by atoms with Crippen molar-refractivity contribution in [1.82, 2.24) is 5.32 Å². The molecule has 1 heteroatoms. The van der Waals surface area contributed by atoms with E-state index in [9.17, 15) is 0 Å². The van der Waals surface area contributed by atoms with Crippen molar-refractivity contribution < 1.29 is 0 Å². The third-order valence-corrected chi connectivity index (χ3v) is 4.31. The number of benzene rings is 1. The maximum Gasteiger partial charge on any atom is 0.0320 e. The lowest BCUT2D eigenvalue weighted by Crippen LogP contribution is -2.25. The Kier molecular flexibility index (Phi) is 6.06. The third-order valence-electron chi connectivity index (χ3n) is 4.31. The molecule has 1 aromatic carbocycles. The van der Waals surface area contributed by atoms with Crippen LogP contribution >= 0.6 is 0 Å². The van der Waals surface area contributed by atoms with E-state index in [-0.39, 0.29) is 0 Å². The lowest BCUT2D eigenvalue weighted by molar-refractivity contribution is 0.226. The largest absolute Gasteiger partial charge is 0.313 e. The lowest BCUT2D eigenvalue weighted by atomic mass is 9.77. The zero-order valence-corrected chi connectivity index (χ0v) is 13.6. The highest BCUT2D eigenvalue weighted by Gasteiger charge is 2.23. The summed E-state index contributed by atoms with van der Waals surface area (Å²) in [5.41, 5.74) is 3.27. The van der Waals surface area contributed by atoms with Crippen molar-refractivity contribution in [3.05, 3.63) is 35.4 Å². The van der Waals surface area contributed by atoms with E-state index >= 15 is 0 Å². The SMILES string of the molecule is CCCc1cccc(C(CC(C)C(C)(C)C)NC)c1. The minimum atomic E-state index is 0.371. The smallest absolute Gasteiger partial charge is 0.0320 e. The van der Waals surface area contributed by atoms with Crippen molar-refractivity contribution in [3.8, 4) is 0 Å². The zero-order chi connectivity index (χ0) is 14.5. The second kappa shape index (κ2) is 7.09. The molecule has 0 saturated carbocycles. The van der Waals surface area contributed by atoms with E-state index in [0.29, 0.717) is 17.4 Å². The Morgan fingerprint density at radius 2 is 1.89 bits per heavy atom. The van der Waals surface area contributed by atoms with Gasteiger partial charge in [0.05, 0.1) is 0 Å². The van der Waals surface area contributed by atoms with Gasteiger partial charge in [0, 0.05) is 6.04 Å². The second-order valence-electron chi connectivity index (χ2n) is 6.84. The molecule has 0 fully saturated rings. The molecular weight excluding hydrogens is 230 g/mol. The standard InChI is InChI=1S/C18H31N/c1-7-9-15-10-8-11-16(13-15)17(19-6)12-14(2)18(3,4)5/h8,10-11,13-14,17,19H,7,9,12H2,1-6H3. The molecule has 0 amide bonds. The normalized spacial score (nSPS) is 15.3. The van der Waals surface area contributed by atoms with Gasteiger partial charge in [0.15, 0.2) is 0 Å². The summed E-state index contributed by atoms with van der Waals surface area (Å²) >= 11 is 0. The molecular formula is C18H31N. The molecule has 0 heterocycles. The number of rotatable bonds is 6. The highest BCUT2D eigenvalue weighted by atomic mass is 14.9. The monoisotopic (exact) mass is 261 g/mol. The van der Waals surface area contributed by atoms with Crippen molar-refractivity contribution >= 4 is 0 Å². The number of nitrogens with one attached hydrogen (secondary N) is 1. The summed E-state index contributed by atoms with van der Waals surface area (Å²) in [6.07, 6.45) is 3.58. The fraction of sp³-hybridized carbons (Fsp3) is 0.667. The minimum absolute atomic E-state index is 0.371. The molecule has 0 bridgehead atoms. The molecule has 1 rings (SSSR count). The maximum absolute atomic E-state index is 3.49. The van der Waals surface area contributed by atoms with Crippen LogP contribution in [-0.2, 0) is 6.42 Å². The van der Waals surface area contributed by atoms with E-state index < -0.39 is 0 Å². The van der Waals surface area contributed by atoms with Gasteiger partial charge in [0.25, 0.3) is 0 Å². The van der Waals surface area contributed by atoms with E-state index in [4.69, 9.17) is 0 Å². The Morgan fingerprint density at radius 1 is 1.21 bits per heavy atom. The van der Waals surface area contributed by atoms with E-state index in [2.05, 4.69) is 71.2 Å². The van der Waals surface area contributed by atoms with Crippen LogP contribution in [0.1, 0.15) is 64.6 Å². The molecule has 0 spiro atoms. The van der Waals surface area contributed by atoms with Crippen molar-refractivity contribution in [2.75, 3.05) is 7.05 Å². The molecule has 19 heavy (non-hydrogen) atoms.